The number of hydrogen-bond acceptors (Lipinski definition) is 5. The molecule has 0 aliphatic rings. The van der Waals surface area contributed by atoms with Crippen molar-refractivity contribution in [3.63, 3.8) is 0 Å². The van der Waals surface area contributed by atoms with Crippen LogP contribution in [0, 0.1) is 6.92 Å². The van der Waals surface area contributed by atoms with E-state index in [1.807, 2.05) is 30.3 Å². The van der Waals surface area contributed by atoms with Crippen molar-refractivity contribution in [2.24, 2.45) is 0 Å². The highest BCUT2D eigenvalue weighted by Gasteiger charge is 2.06. The number of carbonyl (C=O) groups is 1. The highest BCUT2D eigenvalue weighted by Crippen LogP contribution is 2.10. The predicted molar refractivity (Wildman–Crippen MR) is 94.3 cm³/mol. The number of aryl methyl sites for hydroxylation is 1. The van der Waals surface area contributed by atoms with Gasteiger partial charge in [0.1, 0.15) is 0 Å². The molecule has 23 heavy (non-hydrogen) atoms. The lowest BCUT2D eigenvalue weighted by atomic mass is 10.3. The van der Waals surface area contributed by atoms with Gasteiger partial charge in [0.25, 0.3) is 5.56 Å². The second-order valence-electron chi connectivity index (χ2n) is 4.47. The summed E-state index contributed by atoms with van der Waals surface area (Å²) in [5.41, 5.74) is 6.25. The fraction of sp³-hybridized carbons (Fsp3) is 0.143. The molecule has 0 atom stereocenters. The van der Waals surface area contributed by atoms with Gasteiger partial charge >= 0.3 is 0 Å². The maximum Gasteiger partial charge on any atom is 0.251 e. The van der Waals surface area contributed by atoms with Gasteiger partial charge in [-0.25, -0.2) is 4.98 Å². The van der Waals surface area contributed by atoms with Gasteiger partial charge in [-0.15, -0.1) is 0 Å². The zero-order valence-corrected chi connectivity index (χ0v) is 13.9. The van der Waals surface area contributed by atoms with E-state index < -0.39 is 0 Å². The van der Waals surface area contributed by atoms with E-state index in [2.05, 4.69) is 26.1 Å². The smallest absolute Gasteiger partial charge is 0.251 e. The minimum Gasteiger partial charge on any atom is -0.331 e. The summed E-state index contributed by atoms with van der Waals surface area (Å²) in [6.45, 7) is 1.72. The van der Waals surface area contributed by atoms with Crippen molar-refractivity contribution in [3.05, 3.63) is 52.4 Å². The third kappa shape index (κ3) is 6.09. The first-order valence-corrected chi connectivity index (χ1v) is 8.04. The van der Waals surface area contributed by atoms with Crippen LogP contribution in [0.3, 0.4) is 0 Å². The van der Waals surface area contributed by atoms with Crippen molar-refractivity contribution in [1.82, 2.24) is 20.8 Å². The fourth-order valence-electron chi connectivity index (χ4n) is 1.60. The van der Waals surface area contributed by atoms with E-state index in [0.717, 1.165) is 17.4 Å². The van der Waals surface area contributed by atoms with Crippen molar-refractivity contribution >= 4 is 40.7 Å². The molecule has 0 unspecified atom stereocenters. The molecule has 1 aromatic carbocycles. The topological polar surface area (TPSA) is 98.9 Å². The highest BCUT2D eigenvalue weighted by molar-refractivity contribution is 7.99. The Morgan fingerprint density at radius 3 is 2.74 bits per heavy atom. The number of nitrogens with zero attached hydrogens (tertiary/aromatic N) is 1. The summed E-state index contributed by atoms with van der Waals surface area (Å²) in [5, 5.41) is 3.60. The Kier molecular flexibility index (Phi) is 6.12. The van der Waals surface area contributed by atoms with Crippen LogP contribution in [-0.2, 0) is 4.79 Å². The second kappa shape index (κ2) is 8.30. The van der Waals surface area contributed by atoms with Gasteiger partial charge in [-0.05, 0) is 31.3 Å². The Bertz CT molecular complexity index is 748. The number of hydrazine groups is 1. The molecule has 2 rings (SSSR count). The van der Waals surface area contributed by atoms with Gasteiger partial charge in [0.05, 0.1) is 5.75 Å². The predicted octanol–water partition coefficient (Wildman–Crippen LogP) is 1.19. The number of carbonyl (C=O) groups excluding carboxylic acids is 1. The number of hydrogen-bond donors (Lipinski definition) is 4. The van der Waals surface area contributed by atoms with E-state index in [4.69, 9.17) is 12.2 Å². The monoisotopic (exact) mass is 349 g/mol. The molecule has 0 spiro atoms. The van der Waals surface area contributed by atoms with Gasteiger partial charge in [0.15, 0.2) is 10.3 Å². The van der Waals surface area contributed by atoms with Crippen LogP contribution in [-0.4, -0.2) is 26.7 Å². The molecular formula is C14H15N5O2S2. The first-order chi connectivity index (χ1) is 11.0. The molecule has 0 fully saturated rings. The van der Waals surface area contributed by atoms with Crippen molar-refractivity contribution < 1.29 is 4.79 Å². The quantitative estimate of drug-likeness (QED) is 0.285. The first kappa shape index (κ1) is 17.0. The fourth-order valence-corrected chi connectivity index (χ4v) is 2.49. The summed E-state index contributed by atoms with van der Waals surface area (Å²) in [4.78, 5) is 29.7. The van der Waals surface area contributed by atoms with Crippen LogP contribution in [0.1, 0.15) is 5.69 Å². The van der Waals surface area contributed by atoms with Crippen LogP contribution in [0.5, 0.6) is 0 Å². The molecule has 1 aromatic heterocycles. The molecule has 0 aliphatic heterocycles. The third-order valence-electron chi connectivity index (χ3n) is 2.54. The lowest BCUT2D eigenvalue weighted by molar-refractivity contribution is -0.119. The van der Waals surface area contributed by atoms with Crippen molar-refractivity contribution in [1.29, 1.82) is 0 Å². The van der Waals surface area contributed by atoms with Crippen LogP contribution in [0.2, 0.25) is 0 Å². The van der Waals surface area contributed by atoms with E-state index in [1.54, 1.807) is 6.92 Å². The van der Waals surface area contributed by atoms with E-state index in [-0.39, 0.29) is 22.3 Å². The molecule has 1 amide bonds. The zero-order chi connectivity index (χ0) is 16.7. The standard InChI is InChI=1S/C14H15N5O2S2/c1-9-7-11(20)17-14(15-9)23-8-12(21)18-19-13(22)16-10-5-3-2-4-6-10/h2-7H,8H2,1H3,(H,18,21)(H,15,17,20)(H2,16,19,22). The minimum absolute atomic E-state index is 0.0906. The lowest BCUT2D eigenvalue weighted by Crippen LogP contribution is -2.44. The number of H-pyrrole nitrogens is 1. The number of aromatic amines is 1. The SMILES string of the molecule is Cc1cc(=O)[nH]c(SCC(=O)NNC(=S)Nc2ccccc2)n1. The molecule has 120 valence electrons. The molecule has 0 saturated carbocycles. The summed E-state index contributed by atoms with van der Waals surface area (Å²) >= 11 is 6.19. The Labute approximate surface area is 142 Å². The Morgan fingerprint density at radius 2 is 2.04 bits per heavy atom. The Hall–Kier alpha value is -2.39. The minimum atomic E-state index is -0.295. The summed E-state index contributed by atoms with van der Waals surface area (Å²) in [7, 11) is 0. The van der Waals surface area contributed by atoms with E-state index >= 15 is 0 Å². The summed E-state index contributed by atoms with van der Waals surface area (Å²) in [6, 6.07) is 10.7. The maximum atomic E-state index is 11.7. The second-order valence-corrected chi connectivity index (χ2v) is 5.85. The number of benzene rings is 1. The summed E-state index contributed by atoms with van der Waals surface area (Å²) in [5.74, 6) is -0.204. The molecule has 0 radical (unpaired) electrons. The number of aromatic nitrogens is 2. The number of thiocarbonyl (C=S) groups is 1. The van der Waals surface area contributed by atoms with Gasteiger partial charge in [-0.2, -0.15) is 0 Å². The normalized spacial score (nSPS) is 9.96. The Balaban J connectivity index is 1.74. The average molecular weight is 349 g/mol. The summed E-state index contributed by atoms with van der Waals surface area (Å²) in [6.07, 6.45) is 0. The number of para-hydroxylation sites is 1. The van der Waals surface area contributed by atoms with Crippen molar-refractivity contribution in [3.8, 4) is 0 Å². The van der Waals surface area contributed by atoms with Crippen LogP contribution >= 0.6 is 24.0 Å². The van der Waals surface area contributed by atoms with Gasteiger partial charge < -0.3 is 10.3 Å². The molecule has 0 aliphatic carbocycles. The average Bonchev–Trinajstić information content (AvgIpc) is 2.51. The number of anilines is 1. The van der Waals surface area contributed by atoms with Crippen LogP contribution < -0.4 is 21.7 Å². The lowest BCUT2D eigenvalue weighted by Gasteiger charge is -2.11. The molecule has 2 aromatic rings. The molecular weight excluding hydrogens is 334 g/mol. The number of amides is 1. The van der Waals surface area contributed by atoms with Crippen LogP contribution in [0.4, 0.5) is 5.69 Å². The zero-order valence-electron chi connectivity index (χ0n) is 12.3. The molecule has 1 heterocycles. The molecule has 0 saturated heterocycles. The number of rotatable bonds is 4. The van der Waals surface area contributed by atoms with E-state index in [9.17, 15) is 9.59 Å². The molecule has 9 heteroatoms. The number of nitrogens with one attached hydrogen (secondary N) is 4. The van der Waals surface area contributed by atoms with Gasteiger partial charge in [-0.1, -0.05) is 30.0 Å². The van der Waals surface area contributed by atoms with Crippen molar-refractivity contribution in [2.75, 3.05) is 11.1 Å². The van der Waals surface area contributed by atoms with E-state index in [1.165, 1.54) is 6.07 Å². The van der Waals surface area contributed by atoms with Crippen LogP contribution in [0.15, 0.2) is 46.3 Å². The largest absolute Gasteiger partial charge is 0.331 e. The van der Waals surface area contributed by atoms with Gasteiger partial charge in [-0.3, -0.25) is 20.4 Å². The summed E-state index contributed by atoms with van der Waals surface area (Å²) < 4.78 is 0. The highest BCUT2D eigenvalue weighted by atomic mass is 32.2. The number of thioether (sulfide) groups is 1. The maximum absolute atomic E-state index is 11.7. The van der Waals surface area contributed by atoms with Gasteiger partial charge in [0.2, 0.25) is 5.91 Å². The molecule has 7 nitrogen and oxygen atoms in total. The molecule has 0 bridgehead atoms. The Morgan fingerprint density at radius 1 is 1.30 bits per heavy atom. The van der Waals surface area contributed by atoms with Gasteiger partial charge in [0, 0.05) is 17.4 Å². The van der Waals surface area contributed by atoms with Crippen LogP contribution in [0.25, 0.3) is 0 Å². The van der Waals surface area contributed by atoms with Crippen molar-refractivity contribution in [2.45, 2.75) is 12.1 Å². The first-order valence-electron chi connectivity index (χ1n) is 6.64. The van der Waals surface area contributed by atoms with E-state index in [0.29, 0.717) is 10.9 Å². The third-order valence-corrected chi connectivity index (χ3v) is 3.61. The molecule has 4 N–H and O–H groups in total.